The van der Waals surface area contributed by atoms with Gasteiger partial charge in [0.15, 0.2) is 0 Å². The van der Waals surface area contributed by atoms with Crippen molar-refractivity contribution in [2.75, 3.05) is 18.5 Å². The van der Waals surface area contributed by atoms with E-state index in [0.717, 1.165) is 17.7 Å². The second kappa shape index (κ2) is 5.19. The normalized spacial score (nSPS) is 21.1. The first-order valence-corrected chi connectivity index (χ1v) is 5.87. The fourth-order valence-electron chi connectivity index (χ4n) is 2.14. The molecule has 92 valence electrons. The molecule has 0 aliphatic carbocycles. The first-order valence-electron chi connectivity index (χ1n) is 5.87. The zero-order valence-corrected chi connectivity index (χ0v) is 9.98. The lowest BCUT2D eigenvalue weighted by Gasteiger charge is -2.22. The molecule has 1 heterocycles. The number of hydrogen-bond donors (Lipinski definition) is 2. The number of nitrogens with two attached hydrogens (primary N) is 1. The SMILES string of the molecule is Cc1ccccc1NC(C(N)=O)C1CCOC1. The van der Waals surface area contributed by atoms with Crippen LogP contribution in [0.3, 0.4) is 0 Å². The smallest absolute Gasteiger partial charge is 0.240 e. The van der Waals surface area contributed by atoms with Gasteiger partial charge in [-0.05, 0) is 25.0 Å². The number of carbonyl (C=O) groups excluding carboxylic acids is 1. The van der Waals surface area contributed by atoms with Crippen LogP contribution in [0.5, 0.6) is 0 Å². The van der Waals surface area contributed by atoms with E-state index >= 15 is 0 Å². The van der Waals surface area contributed by atoms with E-state index < -0.39 is 0 Å². The summed E-state index contributed by atoms with van der Waals surface area (Å²) in [6.07, 6.45) is 0.881. The van der Waals surface area contributed by atoms with E-state index in [4.69, 9.17) is 10.5 Å². The van der Waals surface area contributed by atoms with Crippen LogP contribution in [0.25, 0.3) is 0 Å². The number of carbonyl (C=O) groups is 1. The maximum Gasteiger partial charge on any atom is 0.240 e. The Morgan fingerprint density at radius 3 is 2.88 bits per heavy atom. The summed E-state index contributed by atoms with van der Waals surface area (Å²) in [5, 5.41) is 3.23. The van der Waals surface area contributed by atoms with E-state index in [1.165, 1.54) is 0 Å². The Labute approximate surface area is 101 Å². The number of para-hydroxylation sites is 1. The first-order chi connectivity index (χ1) is 8.18. The highest BCUT2D eigenvalue weighted by atomic mass is 16.5. The second-order valence-electron chi connectivity index (χ2n) is 4.46. The van der Waals surface area contributed by atoms with Crippen LogP contribution in [0.4, 0.5) is 5.69 Å². The monoisotopic (exact) mass is 234 g/mol. The molecule has 1 aliphatic heterocycles. The molecule has 1 amide bonds. The molecule has 0 saturated carbocycles. The van der Waals surface area contributed by atoms with Crippen LogP contribution in [-0.2, 0) is 9.53 Å². The van der Waals surface area contributed by atoms with E-state index in [-0.39, 0.29) is 17.9 Å². The van der Waals surface area contributed by atoms with Crippen molar-refractivity contribution in [3.8, 4) is 0 Å². The van der Waals surface area contributed by atoms with Crippen molar-refractivity contribution >= 4 is 11.6 Å². The number of rotatable bonds is 4. The lowest BCUT2D eigenvalue weighted by molar-refractivity contribution is -0.119. The van der Waals surface area contributed by atoms with Crippen molar-refractivity contribution < 1.29 is 9.53 Å². The molecule has 4 nitrogen and oxygen atoms in total. The molecule has 1 aromatic carbocycles. The highest BCUT2D eigenvalue weighted by Gasteiger charge is 2.29. The molecule has 1 aromatic rings. The van der Waals surface area contributed by atoms with Crippen LogP contribution in [0.15, 0.2) is 24.3 Å². The fraction of sp³-hybridized carbons (Fsp3) is 0.462. The number of benzene rings is 1. The molecular formula is C13H18N2O2. The van der Waals surface area contributed by atoms with Crippen LogP contribution in [0.2, 0.25) is 0 Å². The predicted octanol–water partition coefficient (Wildman–Crippen LogP) is 1.30. The Kier molecular flexibility index (Phi) is 3.64. The minimum Gasteiger partial charge on any atom is -0.381 e. The standard InChI is InChI=1S/C13H18N2O2/c1-9-4-2-3-5-11(9)15-12(13(14)16)10-6-7-17-8-10/h2-5,10,12,15H,6-8H2,1H3,(H2,14,16). The molecule has 0 aromatic heterocycles. The Bertz CT molecular complexity index is 400. The van der Waals surface area contributed by atoms with Crippen LogP contribution in [-0.4, -0.2) is 25.2 Å². The van der Waals surface area contributed by atoms with E-state index in [1.54, 1.807) is 0 Å². The third-order valence-corrected chi connectivity index (χ3v) is 3.20. The van der Waals surface area contributed by atoms with Gasteiger partial charge in [0.1, 0.15) is 6.04 Å². The van der Waals surface area contributed by atoms with Gasteiger partial charge in [0.05, 0.1) is 6.61 Å². The topological polar surface area (TPSA) is 64.3 Å². The van der Waals surface area contributed by atoms with Crippen molar-refractivity contribution in [1.29, 1.82) is 0 Å². The molecule has 2 unspecified atom stereocenters. The number of anilines is 1. The molecule has 0 bridgehead atoms. The lowest BCUT2D eigenvalue weighted by atomic mass is 9.98. The number of ether oxygens (including phenoxy) is 1. The fourth-order valence-corrected chi connectivity index (χ4v) is 2.14. The summed E-state index contributed by atoms with van der Waals surface area (Å²) in [5.41, 5.74) is 7.53. The van der Waals surface area contributed by atoms with Crippen molar-refractivity contribution in [1.82, 2.24) is 0 Å². The van der Waals surface area contributed by atoms with Gasteiger partial charge in [-0.15, -0.1) is 0 Å². The van der Waals surface area contributed by atoms with E-state index in [2.05, 4.69) is 5.32 Å². The van der Waals surface area contributed by atoms with Gasteiger partial charge in [-0.3, -0.25) is 4.79 Å². The average Bonchev–Trinajstić information content (AvgIpc) is 2.81. The average molecular weight is 234 g/mol. The summed E-state index contributed by atoms with van der Waals surface area (Å²) in [6, 6.07) is 7.53. The molecular weight excluding hydrogens is 216 g/mol. The van der Waals surface area contributed by atoms with E-state index in [9.17, 15) is 4.79 Å². The maximum absolute atomic E-state index is 11.5. The van der Waals surface area contributed by atoms with Gasteiger partial charge in [0, 0.05) is 18.2 Å². The highest BCUT2D eigenvalue weighted by Crippen LogP contribution is 2.22. The zero-order chi connectivity index (χ0) is 12.3. The Balaban J connectivity index is 2.12. The molecule has 4 heteroatoms. The van der Waals surface area contributed by atoms with Gasteiger partial charge < -0.3 is 15.8 Å². The van der Waals surface area contributed by atoms with Gasteiger partial charge in [0.25, 0.3) is 0 Å². The van der Waals surface area contributed by atoms with Gasteiger partial charge in [-0.2, -0.15) is 0 Å². The number of amides is 1. The largest absolute Gasteiger partial charge is 0.381 e. The van der Waals surface area contributed by atoms with Crippen molar-refractivity contribution in [2.45, 2.75) is 19.4 Å². The molecule has 3 N–H and O–H groups in total. The number of primary amides is 1. The quantitative estimate of drug-likeness (QED) is 0.825. The zero-order valence-electron chi connectivity index (χ0n) is 9.98. The van der Waals surface area contributed by atoms with Gasteiger partial charge in [0.2, 0.25) is 5.91 Å². The third-order valence-electron chi connectivity index (χ3n) is 3.20. The van der Waals surface area contributed by atoms with Crippen molar-refractivity contribution in [2.24, 2.45) is 11.7 Å². The predicted molar refractivity (Wildman–Crippen MR) is 66.7 cm³/mol. The minimum absolute atomic E-state index is 0.173. The Morgan fingerprint density at radius 1 is 1.53 bits per heavy atom. The maximum atomic E-state index is 11.5. The summed E-state index contributed by atoms with van der Waals surface area (Å²) in [6.45, 7) is 3.32. The van der Waals surface area contributed by atoms with Crippen molar-refractivity contribution in [3.05, 3.63) is 29.8 Å². The van der Waals surface area contributed by atoms with Crippen LogP contribution in [0, 0.1) is 12.8 Å². The molecule has 2 atom stereocenters. The molecule has 1 fully saturated rings. The van der Waals surface area contributed by atoms with Crippen LogP contribution >= 0.6 is 0 Å². The second-order valence-corrected chi connectivity index (χ2v) is 4.46. The highest BCUT2D eigenvalue weighted by molar-refractivity contribution is 5.83. The van der Waals surface area contributed by atoms with Gasteiger partial charge >= 0.3 is 0 Å². The number of aryl methyl sites for hydroxylation is 1. The summed E-state index contributed by atoms with van der Waals surface area (Å²) < 4.78 is 5.31. The molecule has 0 spiro atoms. The van der Waals surface area contributed by atoms with Gasteiger partial charge in [-0.1, -0.05) is 18.2 Å². The summed E-state index contributed by atoms with van der Waals surface area (Å²) in [7, 11) is 0. The molecule has 1 saturated heterocycles. The summed E-state index contributed by atoms with van der Waals surface area (Å²) in [4.78, 5) is 11.5. The summed E-state index contributed by atoms with van der Waals surface area (Å²) in [5.74, 6) is -0.143. The van der Waals surface area contributed by atoms with E-state index in [0.29, 0.717) is 13.2 Å². The number of nitrogens with one attached hydrogen (secondary N) is 1. The summed E-state index contributed by atoms with van der Waals surface area (Å²) >= 11 is 0. The van der Waals surface area contributed by atoms with Crippen LogP contribution in [0.1, 0.15) is 12.0 Å². The molecule has 2 rings (SSSR count). The minimum atomic E-state index is -0.349. The van der Waals surface area contributed by atoms with Crippen molar-refractivity contribution in [3.63, 3.8) is 0 Å². The third kappa shape index (κ3) is 2.77. The molecule has 1 aliphatic rings. The van der Waals surface area contributed by atoms with Crippen LogP contribution < -0.4 is 11.1 Å². The Morgan fingerprint density at radius 2 is 2.29 bits per heavy atom. The van der Waals surface area contributed by atoms with E-state index in [1.807, 2.05) is 31.2 Å². The van der Waals surface area contributed by atoms with Gasteiger partial charge in [-0.25, -0.2) is 0 Å². The molecule has 17 heavy (non-hydrogen) atoms. The lowest BCUT2D eigenvalue weighted by Crippen LogP contribution is -2.42. The number of hydrogen-bond acceptors (Lipinski definition) is 3. The molecule has 0 radical (unpaired) electrons. The Hall–Kier alpha value is -1.55. The first kappa shape index (κ1) is 11.9.